The minimum atomic E-state index is -3.38. The Kier molecular flexibility index (Phi) is 6.78. The molecular formula is C17H24N4O5S. The van der Waals surface area contributed by atoms with Crippen LogP contribution in [-0.2, 0) is 24.4 Å². The molecule has 0 aliphatic carbocycles. The molecule has 0 atom stereocenters. The molecule has 1 aliphatic rings. The average Bonchev–Trinajstić information content (AvgIpc) is 2.60. The van der Waals surface area contributed by atoms with Gasteiger partial charge in [0.1, 0.15) is 6.54 Å². The van der Waals surface area contributed by atoms with Gasteiger partial charge in [-0.15, -0.1) is 0 Å². The molecule has 1 saturated heterocycles. The number of anilines is 2. The molecule has 27 heavy (non-hydrogen) atoms. The summed E-state index contributed by atoms with van der Waals surface area (Å²) in [5.41, 5.74) is 0.863. The molecule has 2 N–H and O–H groups in total. The fraction of sp³-hybridized carbons (Fsp3) is 0.471. The van der Waals surface area contributed by atoms with E-state index in [1.807, 2.05) is 0 Å². The number of amides is 3. The Bertz CT molecular complexity index is 807. The number of benzene rings is 1. The van der Waals surface area contributed by atoms with E-state index in [0.29, 0.717) is 37.4 Å². The van der Waals surface area contributed by atoms with Gasteiger partial charge in [0.25, 0.3) is 0 Å². The fourth-order valence-corrected chi connectivity index (χ4v) is 3.80. The predicted octanol–water partition coefficient (Wildman–Crippen LogP) is 0.468. The maximum atomic E-state index is 12.1. The van der Waals surface area contributed by atoms with Crippen LogP contribution >= 0.6 is 0 Å². The molecular weight excluding hydrogens is 372 g/mol. The third-order valence-corrected chi connectivity index (χ3v) is 5.52. The minimum absolute atomic E-state index is 0.0313. The number of piperazine rings is 1. The number of hydrogen-bond acceptors (Lipinski definition) is 5. The lowest BCUT2D eigenvalue weighted by Gasteiger charge is -2.32. The zero-order valence-electron chi connectivity index (χ0n) is 15.4. The summed E-state index contributed by atoms with van der Waals surface area (Å²) in [5.74, 6) is -1.68. The van der Waals surface area contributed by atoms with Crippen molar-refractivity contribution in [1.82, 2.24) is 9.80 Å². The SMILES string of the molecule is CCCS(=O)(=O)Nc1ccc(NC(=O)CN2CCN(CC)C(=O)C2=O)cc1. The van der Waals surface area contributed by atoms with E-state index in [-0.39, 0.29) is 12.3 Å². The molecule has 0 spiro atoms. The summed E-state index contributed by atoms with van der Waals surface area (Å²) >= 11 is 0. The third kappa shape index (κ3) is 5.68. The van der Waals surface area contributed by atoms with Gasteiger partial charge in [-0.3, -0.25) is 19.1 Å². The highest BCUT2D eigenvalue weighted by Crippen LogP contribution is 2.15. The molecule has 1 fully saturated rings. The monoisotopic (exact) mass is 396 g/mol. The molecule has 1 aromatic carbocycles. The molecule has 2 rings (SSSR count). The van der Waals surface area contributed by atoms with Crippen LogP contribution in [0.5, 0.6) is 0 Å². The van der Waals surface area contributed by atoms with Crippen molar-refractivity contribution < 1.29 is 22.8 Å². The van der Waals surface area contributed by atoms with Crippen LogP contribution in [0.1, 0.15) is 20.3 Å². The molecule has 0 aromatic heterocycles. The molecule has 148 valence electrons. The summed E-state index contributed by atoms with van der Waals surface area (Å²) in [4.78, 5) is 38.7. The van der Waals surface area contributed by atoms with Gasteiger partial charge in [0.05, 0.1) is 5.75 Å². The van der Waals surface area contributed by atoms with E-state index in [1.54, 1.807) is 26.0 Å². The van der Waals surface area contributed by atoms with Crippen molar-refractivity contribution in [2.45, 2.75) is 20.3 Å². The second-order valence-electron chi connectivity index (χ2n) is 6.16. The van der Waals surface area contributed by atoms with Gasteiger partial charge in [0.2, 0.25) is 15.9 Å². The fourth-order valence-electron chi connectivity index (χ4n) is 2.66. The number of nitrogens with one attached hydrogen (secondary N) is 2. The Balaban J connectivity index is 1.91. The van der Waals surface area contributed by atoms with Crippen molar-refractivity contribution >= 4 is 39.1 Å². The number of carbonyl (C=O) groups is 3. The number of likely N-dealkylation sites (N-methyl/N-ethyl adjacent to an activating group) is 1. The van der Waals surface area contributed by atoms with Crippen molar-refractivity contribution in [2.75, 3.05) is 42.0 Å². The topological polar surface area (TPSA) is 116 Å². The number of hydrogen-bond donors (Lipinski definition) is 2. The highest BCUT2D eigenvalue weighted by atomic mass is 32.2. The lowest BCUT2D eigenvalue weighted by molar-refractivity contribution is -0.156. The number of sulfonamides is 1. The highest BCUT2D eigenvalue weighted by molar-refractivity contribution is 7.92. The van der Waals surface area contributed by atoms with Gasteiger partial charge in [0, 0.05) is 31.0 Å². The molecule has 3 amide bonds. The van der Waals surface area contributed by atoms with Crippen LogP contribution in [0.25, 0.3) is 0 Å². The molecule has 1 heterocycles. The summed E-state index contributed by atoms with van der Waals surface area (Å²) in [6, 6.07) is 6.20. The normalized spacial score (nSPS) is 15.0. The summed E-state index contributed by atoms with van der Waals surface area (Å²) in [6.45, 7) is 4.52. The summed E-state index contributed by atoms with van der Waals surface area (Å²) in [6.07, 6.45) is 0.511. The van der Waals surface area contributed by atoms with Crippen molar-refractivity contribution in [3.8, 4) is 0 Å². The van der Waals surface area contributed by atoms with Crippen molar-refractivity contribution in [3.63, 3.8) is 0 Å². The van der Waals surface area contributed by atoms with Gasteiger partial charge in [-0.25, -0.2) is 8.42 Å². The summed E-state index contributed by atoms with van der Waals surface area (Å²) in [5, 5.41) is 2.63. The quantitative estimate of drug-likeness (QED) is 0.620. The van der Waals surface area contributed by atoms with Gasteiger partial charge in [-0.05, 0) is 37.6 Å². The highest BCUT2D eigenvalue weighted by Gasteiger charge is 2.32. The van der Waals surface area contributed by atoms with Gasteiger partial charge in [0.15, 0.2) is 0 Å². The van der Waals surface area contributed by atoms with Gasteiger partial charge >= 0.3 is 11.8 Å². The average molecular weight is 396 g/mol. The minimum Gasteiger partial charge on any atom is -0.333 e. The Morgan fingerprint density at radius 1 is 1.00 bits per heavy atom. The van der Waals surface area contributed by atoms with Gasteiger partial charge in [-0.1, -0.05) is 6.92 Å². The Labute approximate surface area is 158 Å². The Hall–Kier alpha value is -2.62. The maximum Gasteiger partial charge on any atom is 0.312 e. The van der Waals surface area contributed by atoms with Crippen molar-refractivity contribution in [1.29, 1.82) is 0 Å². The lowest BCUT2D eigenvalue weighted by Crippen LogP contribution is -2.55. The molecule has 0 bridgehead atoms. The van der Waals surface area contributed by atoms with Crippen molar-refractivity contribution in [2.24, 2.45) is 0 Å². The first-order valence-electron chi connectivity index (χ1n) is 8.74. The molecule has 0 unspecified atom stereocenters. The van der Waals surface area contributed by atoms with Crippen LogP contribution in [0.4, 0.5) is 11.4 Å². The van der Waals surface area contributed by atoms with E-state index in [0.717, 1.165) is 0 Å². The predicted molar refractivity (Wildman–Crippen MR) is 102 cm³/mol. The summed E-state index contributed by atoms with van der Waals surface area (Å²) in [7, 11) is -3.38. The zero-order chi connectivity index (χ0) is 20.0. The molecule has 9 nitrogen and oxygen atoms in total. The van der Waals surface area contributed by atoms with Gasteiger partial charge in [-0.2, -0.15) is 0 Å². The lowest BCUT2D eigenvalue weighted by atomic mass is 10.2. The third-order valence-electron chi connectivity index (χ3n) is 4.03. The number of rotatable bonds is 8. The van der Waals surface area contributed by atoms with Crippen LogP contribution in [0.3, 0.4) is 0 Å². The van der Waals surface area contributed by atoms with E-state index in [4.69, 9.17) is 0 Å². The first-order valence-corrected chi connectivity index (χ1v) is 10.4. The zero-order valence-corrected chi connectivity index (χ0v) is 16.2. The molecule has 0 saturated carbocycles. The van der Waals surface area contributed by atoms with E-state index in [2.05, 4.69) is 10.0 Å². The van der Waals surface area contributed by atoms with Gasteiger partial charge < -0.3 is 15.1 Å². The first-order chi connectivity index (χ1) is 12.8. The largest absolute Gasteiger partial charge is 0.333 e. The van der Waals surface area contributed by atoms with E-state index < -0.39 is 27.7 Å². The first kappa shape index (κ1) is 20.7. The second-order valence-corrected chi connectivity index (χ2v) is 8.00. The smallest absolute Gasteiger partial charge is 0.312 e. The standard InChI is InChI=1S/C17H24N4O5S/c1-3-11-27(25,26)19-14-7-5-13(6-8-14)18-15(22)12-21-10-9-20(4-2)16(23)17(21)24/h5-8,19H,3-4,9-12H2,1-2H3,(H,18,22). The Morgan fingerprint density at radius 2 is 1.56 bits per heavy atom. The van der Waals surface area contributed by atoms with Crippen LogP contribution < -0.4 is 10.0 Å². The van der Waals surface area contributed by atoms with Crippen LogP contribution in [0.2, 0.25) is 0 Å². The number of nitrogens with zero attached hydrogens (tertiary/aromatic N) is 2. The van der Waals surface area contributed by atoms with E-state index in [9.17, 15) is 22.8 Å². The van der Waals surface area contributed by atoms with E-state index in [1.165, 1.54) is 21.9 Å². The van der Waals surface area contributed by atoms with Crippen molar-refractivity contribution in [3.05, 3.63) is 24.3 Å². The van der Waals surface area contributed by atoms with Crippen LogP contribution in [-0.4, -0.2) is 67.9 Å². The van der Waals surface area contributed by atoms with Crippen LogP contribution in [0, 0.1) is 0 Å². The Morgan fingerprint density at radius 3 is 2.15 bits per heavy atom. The number of carbonyl (C=O) groups excluding carboxylic acids is 3. The maximum absolute atomic E-state index is 12.1. The second kappa shape index (κ2) is 8.85. The molecule has 0 radical (unpaired) electrons. The molecule has 1 aliphatic heterocycles. The molecule has 10 heteroatoms. The summed E-state index contributed by atoms with van der Waals surface area (Å²) < 4.78 is 25.9. The van der Waals surface area contributed by atoms with Crippen LogP contribution in [0.15, 0.2) is 24.3 Å². The van der Waals surface area contributed by atoms with E-state index >= 15 is 0 Å². The molecule has 1 aromatic rings.